The molecule has 0 fully saturated rings. The van der Waals surface area contributed by atoms with Crippen LogP contribution >= 0.6 is 11.3 Å². The average Bonchev–Trinajstić information content (AvgIpc) is 2.65. The van der Waals surface area contributed by atoms with Gasteiger partial charge in [0.05, 0.1) is 5.51 Å². The van der Waals surface area contributed by atoms with Crippen molar-refractivity contribution in [2.75, 3.05) is 7.05 Å². The number of hydrogen-bond donors (Lipinski definition) is 0. The van der Waals surface area contributed by atoms with Crippen LogP contribution in [-0.4, -0.2) is 28.9 Å². The lowest BCUT2D eigenvalue weighted by atomic mass is 9.87. The van der Waals surface area contributed by atoms with E-state index in [1.54, 1.807) is 15.8 Å². The van der Waals surface area contributed by atoms with Crippen LogP contribution in [0.15, 0.2) is 10.9 Å². The SMILES string of the molecule is CC(N(C)C(=O)c1cscn1)C(C)(C)C. The third kappa shape index (κ3) is 2.78. The van der Waals surface area contributed by atoms with Crippen molar-refractivity contribution < 1.29 is 4.79 Å². The van der Waals surface area contributed by atoms with Gasteiger partial charge in [-0.15, -0.1) is 11.3 Å². The van der Waals surface area contributed by atoms with Gasteiger partial charge in [-0.25, -0.2) is 4.98 Å². The molecule has 1 aromatic rings. The maximum atomic E-state index is 12.0. The Bertz CT molecular complexity index is 327. The van der Waals surface area contributed by atoms with E-state index in [4.69, 9.17) is 0 Å². The quantitative estimate of drug-likeness (QED) is 0.776. The van der Waals surface area contributed by atoms with Crippen LogP contribution < -0.4 is 0 Å². The molecule has 0 radical (unpaired) electrons. The van der Waals surface area contributed by atoms with Crippen molar-refractivity contribution in [2.24, 2.45) is 5.41 Å². The number of rotatable bonds is 2. The maximum Gasteiger partial charge on any atom is 0.273 e. The Morgan fingerprint density at radius 1 is 1.53 bits per heavy atom. The summed E-state index contributed by atoms with van der Waals surface area (Å²) in [5, 5.41) is 1.79. The lowest BCUT2D eigenvalue weighted by Gasteiger charge is -2.35. The molecule has 0 aliphatic heterocycles. The largest absolute Gasteiger partial charge is 0.337 e. The Balaban J connectivity index is 2.78. The second kappa shape index (κ2) is 4.31. The summed E-state index contributed by atoms with van der Waals surface area (Å²) in [6.07, 6.45) is 0. The predicted molar refractivity (Wildman–Crippen MR) is 63.1 cm³/mol. The van der Waals surface area contributed by atoms with Crippen molar-refractivity contribution in [3.05, 3.63) is 16.6 Å². The van der Waals surface area contributed by atoms with Gasteiger partial charge in [0.2, 0.25) is 0 Å². The minimum atomic E-state index is -0.00123. The van der Waals surface area contributed by atoms with Gasteiger partial charge in [0, 0.05) is 18.5 Å². The van der Waals surface area contributed by atoms with Crippen molar-refractivity contribution in [3.8, 4) is 0 Å². The lowest BCUT2D eigenvalue weighted by Crippen LogP contribution is -2.43. The summed E-state index contributed by atoms with van der Waals surface area (Å²) < 4.78 is 0. The molecule has 0 bridgehead atoms. The summed E-state index contributed by atoms with van der Waals surface area (Å²) in [7, 11) is 1.83. The van der Waals surface area contributed by atoms with Gasteiger partial charge in [0.15, 0.2) is 0 Å². The van der Waals surface area contributed by atoms with Crippen LogP contribution in [0.3, 0.4) is 0 Å². The molecular formula is C11H18N2OS. The zero-order valence-electron chi connectivity index (χ0n) is 9.94. The number of aromatic nitrogens is 1. The van der Waals surface area contributed by atoms with Crippen molar-refractivity contribution in [1.82, 2.24) is 9.88 Å². The Hall–Kier alpha value is -0.900. The molecule has 3 nitrogen and oxygen atoms in total. The smallest absolute Gasteiger partial charge is 0.273 e. The highest BCUT2D eigenvalue weighted by molar-refractivity contribution is 7.07. The summed E-state index contributed by atoms with van der Waals surface area (Å²) in [5.41, 5.74) is 2.31. The van der Waals surface area contributed by atoms with E-state index in [1.165, 1.54) is 11.3 Å². The Labute approximate surface area is 95.1 Å². The van der Waals surface area contributed by atoms with Crippen LogP contribution in [0.1, 0.15) is 38.2 Å². The molecule has 1 amide bonds. The van der Waals surface area contributed by atoms with Gasteiger partial charge in [-0.05, 0) is 12.3 Å². The highest BCUT2D eigenvalue weighted by atomic mass is 32.1. The van der Waals surface area contributed by atoms with E-state index in [1.807, 2.05) is 7.05 Å². The zero-order valence-corrected chi connectivity index (χ0v) is 10.8. The predicted octanol–water partition coefficient (Wildman–Crippen LogP) is 2.65. The van der Waals surface area contributed by atoms with E-state index in [9.17, 15) is 4.79 Å². The molecular weight excluding hydrogens is 208 g/mol. The summed E-state index contributed by atoms with van der Waals surface area (Å²) in [6.45, 7) is 8.44. The Morgan fingerprint density at radius 2 is 2.13 bits per heavy atom. The third-order valence-electron chi connectivity index (χ3n) is 2.81. The molecule has 0 saturated carbocycles. The fourth-order valence-corrected chi connectivity index (χ4v) is 1.78. The molecule has 15 heavy (non-hydrogen) atoms. The molecule has 1 aromatic heterocycles. The molecule has 1 heterocycles. The van der Waals surface area contributed by atoms with Gasteiger partial charge in [-0.3, -0.25) is 4.79 Å². The van der Waals surface area contributed by atoms with E-state index in [0.717, 1.165) is 0 Å². The third-order valence-corrected chi connectivity index (χ3v) is 3.39. The minimum absolute atomic E-state index is 0.00123. The normalized spacial score (nSPS) is 13.7. The molecule has 1 unspecified atom stereocenters. The van der Waals surface area contributed by atoms with Gasteiger partial charge in [-0.2, -0.15) is 0 Å². The maximum absolute atomic E-state index is 12.0. The molecule has 0 aliphatic rings. The molecule has 1 atom stereocenters. The molecule has 1 rings (SSSR count). The first kappa shape index (κ1) is 12.2. The van der Waals surface area contributed by atoms with E-state index < -0.39 is 0 Å². The molecule has 0 aromatic carbocycles. The number of carbonyl (C=O) groups excluding carboxylic acids is 1. The van der Waals surface area contributed by atoms with Gasteiger partial charge in [0.25, 0.3) is 5.91 Å². The number of amides is 1. The van der Waals surface area contributed by atoms with Crippen LogP contribution in [0, 0.1) is 5.41 Å². The number of thiazole rings is 1. The van der Waals surface area contributed by atoms with E-state index in [2.05, 4.69) is 32.7 Å². The molecule has 84 valence electrons. The topological polar surface area (TPSA) is 33.2 Å². The molecule has 0 N–H and O–H groups in total. The molecule has 0 spiro atoms. The Morgan fingerprint density at radius 3 is 2.53 bits per heavy atom. The number of hydrogen-bond acceptors (Lipinski definition) is 3. The second-order valence-corrected chi connectivity index (χ2v) is 5.55. The van der Waals surface area contributed by atoms with E-state index in [-0.39, 0.29) is 17.4 Å². The van der Waals surface area contributed by atoms with Crippen LogP contribution in [0.2, 0.25) is 0 Å². The van der Waals surface area contributed by atoms with E-state index in [0.29, 0.717) is 5.69 Å². The minimum Gasteiger partial charge on any atom is -0.337 e. The highest BCUT2D eigenvalue weighted by Gasteiger charge is 2.28. The summed E-state index contributed by atoms with van der Waals surface area (Å²) >= 11 is 1.45. The van der Waals surface area contributed by atoms with Crippen molar-refractivity contribution >= 4 is 17.2 Å². The number of carbonyl (C=O) groups is 1. The Kier molecular flexibility index (Phi) is 3.50. The summed E-state index contributed by atoms with van der Waals surface area (Å²) in [5.74, 6) is -0.00123. The van der Waals surface area contributed by atoms with E-state index >= 15 is 0 Å². The molecule has 0 saturated heterocycles. The summed E-state index contributed by atoms with van der Waals surface area (Å²) in [6, 6.07) is 0.187. The second-order valence-electron chi connectivity index (χ2n) is 4.83. The van der Waals surface area contributed by atoms with Crippen LogP contribution in [0.4, 0.5) is 0 Å². The van der Waals surface area contributed by atoms with Crippen molar-refractivity contribution in [2.45, 2.75) is 33.7 Å². The fourth-order valence-electron chi connectivity index (χ4n) is 1.26. The summed E-state index contributed by atoms with van der Waals surface area (Å²) in [4.78, 5) is 17.8. The van der Waals surface area contributed by atoms with Crippen LogP contribution in [0.25, 0.3) is 0 Å². The van der Waals surface area contributed by atoms with Crippen molar-refractivity contribution in [3.63, 3.8) is 0 Å². The fraction of sp³-hybridized carbons (Fsp3) is 0.636. The first-order chi connectivity index (χ1) is 6.84. The standard InChI is InChI=1S/C11H18N2OS/c1-8(11(2,3)4)13(5)10(14)9-6-15-7-12-9/h6-8H,1-5H3. The van der Waals surface area contributed by atoms with Gasteiger partial charge in [0.1, 0.15) is 5.69 Å². The van der Waals surface area contributed by atoms with Gasteiger partial charge in [-0.1, -0.05) is 20.8 Å². The van der Waals surface area contributed by atoms with Gasteiger partial charge >= 0.3 is 0 Å². The van der Waals surface area contributed by atoms with Gasteiger partial charge < -0.3 is 4.90 Å². The lowest BCUT2D eigenvalue weighted by molar-refractivity contribution is 0.0624. The monoisotopic (exact) mass is 226 g/mol. The van der Waals surface area contributed by atoms with Crippen LogP contribution in [0.5, 0.6) is 0 Å². The van der Waals surface area contributed by atoms with Crippen molar-refractivity contribution in [1.29, 1.82) is 0 Å². The zero-order chi connectivity index (χ0) is 11.6. The highest BCUT2D eigenvalue weighted by Crippen LogP contribution is 2.24. The van der Waals surface area contributed by atoms with Crippen LogP contribution in [-0.2, 0) is 0 Å². The average molecular weight is 226 g/mol. The molecule has 4 heteroatoms. The first-order valence-electron chi connectivity index (χ1n) is 4.99. The molecule has 0 aliphatic carbocycles. The number of nitrogens with zero attached hydrogens (tertiary/aromatic N) is 2. The first-order valence-corrected chi connectivity index (χ1v) is 5.93.